The summed E-state index contributed by atoms with van der Waals surface area (Å²) in [7, 11) is 0. The molecule has 2 saturated heterocycles. The van der Waals surface area contributed by atoms with Gasteiger partial charge in [-0.2, -0.15) is 0 Å². The molecule has 2 heterocycles. The molecule has 3 amide bonds. The average Bonchev–Trinajstić information content (AvgIpc) is 3.13. The van der Waals surface area contributed by atoms with Crippen LogP contribution in [0.25, 0.3) is 0 Å². The van der Waals surface area contributed by atoms with Crippen LogP contribution in [-0.2, 0) is 20.8 Å². The summed E-state index contributed by atoms with van der Waals surface area (Å²) in [5, 5.41) is 0. The van der Waals surface area contributed by atoms with Crippen LogP contribution in [0.1, 0.15) is 31.2 Å². The summed E-state index contributed by atoms with van der Waals surface area (Å²) in [5.74, 6) is -1.34. The summed E-state index contributed by atoms with van der Waals surface area (Å²) in [6, 6.07) is 15.1. The zero-order valence-electron chi connectivity index (χ0n) is 19.2. The number of amides is 3. The Hall–Kier alpha value is -3.22. The van der Waals surface area contributed by atoms with E-state index in [0.29, 0.717) is 32.6 Å². The molecule has 3 fully saturated rings. The number of piperazine rings is 1. The van der Waals surface area contributed by atoms with Gasteiger partial charge in [0, 0.05) is 38.3 Å². The van der Waals surface area contributed by atoms with Crippen LogP contribution in [0, 0.1) is 17.7 Å². The molecular formula is C27H30FN3O3. The highest BCUT2D eigenvalue weighted by atomic mass is 19.1. The van der Waals surface area contributed by atoms with Crippen LogP contribution in [0.4, 0.5) is 10.1 Å². The van der Waals surface area contributed by atoms with Gasteiger partial charge >= 0.3 is 0 Å². The number of likely N-dealkylation sites (tertiary alicyclic amines) is 1. The van der Waals surface area contributed by atoms with Crippen molar-refractivity contribution in [3.63, 3.8) is 0 Å². The summed E-state index contributed by atoms with van der Waals surface area (Å²) in [5.41, 5.74) is 1.85. The number of halogens is 1. The summed E-state index contributed by atoms with van der Waals surface area (Å²) in [4.78, 5) is 45.6. The second kappa shape index (κ2) is 9.57. The second-order valence-electron chi connectivity index (χ2n) is 9.54. The quantitative estimate of drug-likeness (QED) is 0.639. The van der Waals surface area contributed by atoms with Gasteiger partial charge in [-0.15, -0.1) is 0 Å². The number of rotatable bonds is 5. The molecule has 1 saturated carbocycles. The van der Waals surface area contributed by atoms with E-state index in [1.807, 2.05) is 30.3 Å². The number of carbonyl (C=O) groups is 3. The fourth-order valence-corrected chi connectivity index (χ4v) is 5.67. The van der Waals surface area contributed by atoms with E-state index in [-0.39, 0.29) is 35.4 Å². The third-order valence-electron chi connectivity index (χ3n) is 7.53. The number of fused-ring (bicyclic) bond motifs is 1. The first-order valence-electron chi connectivity index (χ1n) is 12.2. The van der Waals surface area contributed by atoms with Gasteiger partial charge in [-0.25, -0.2) is 4.39 Å². The van der Waals surface area contributed by atoms with E-state index in [2.05, 4.69) is 4.90 Å². The molecule has 7 heteroatoms. The largest absolute Gasteiger partial charge is 0.368 e. The Kier molecular flexibility index (Phi) is 6.35. The third kappa shape index (κ3) is 4.31. The maximum absolute atomic E-state index is 13.8. The molecule has 34 heavy (non-hydrogen) atoms. The third-order valence-corrected chi connectivity index (χ3v) is 7.53. The first-order valence-corrected chi connectivity index (χ1v) is 12.2. The van der Waals surface area contributed by atoms with Gasteiger partial charge in [0.05, 0.1) is 11.8 Å². The molecular weight excluding hydrogens is 433 g/mol. The molecule has 2 aromatic rings. The van der Waals surface area contributed by atoms with Crippen LogP contribution in [0.2, 0.25) is 0 Å². The Labute approximate surface area is 199 Å². The van der Waals surface area contributed by atoms with Crippen LogP contribution >= 0.6 is 0 Å². The lowest BCUT2D eigenvalue weighted by Gasteiger charge is -2.39. The Morgan fingerprint density at radius 1 is 0.853 bits per heavy atom. The van der Waals surface area contributed by atoms with Gasteiger partial charge < -0.3 is 9.80 Å². The van der Waals surface area contributed by atoms with Crippen molar-refractivity contribution in [2.75, 3.05) is 31.1 Å². The highest BCUT2D eigenvalue weighted by Gasteiger charge is 2.52. The number of hydrogen-bond donors (Lipinski definition) is 0. The normalized spacial score (nSPS) is 23.7. The minimum absolute atomic E-state index is 0.164. The van der Waals surface area contributed by atoms with Crippen molar-refractivity contribution >= 4 is 23.4 Å². The highest BCUT2D eigenvalue weighted by Crippen LogP contribution is 2.39. The first-order chi connectivity index (χ1) is 16.5. The van der Waals surface area contributed by atoms with Gasteiger partial charge in [-0.1, -0.05) is 43.2 Å². The molecule has 6 nitrogen and oxygen atoms in total. The highest BCUT2D eigenvalue weighted by molar-refractivity contribution is 6.08. The van der Waals surface area contributed by atoms with Crippen molar-refractivity contribution in [1.82, 2.24) is 9.80 Å². The number of hydrogen-bond acceptors (Lipinski definition) is 4. The van der Waals surface area contributed by atoms with Crippen molar-refractivity contribution < 1.29 is 18.8 Å². The lowest BCUT2D eigenvalue weighted by Crippen LogP contribution is -2.57. The summed E-state index contributed by atoms with van der Waals surface area (Å²) in [6.07, 6.45) is 3.70. The molecule has 3 atom stereocenters. The van der Waals surface area contributed by atoms with Crippen molar-refractivity contribution in [3.8, 4) is 0 Å². The van der Waals surface area contributed by atoms with Gasteiger partial charge in [-0.05, 0) is 42.7 Å². The van der Waals surface area contributed by atoms with Gasteiger partial charge in [0.15, 0.2) is 0 Å². The Morgan fingerprint density at radius 3 is 2.03 bits per heavy atom. The van der Waals surface area contributed by atoms with Crippen molar-refractivity contribution in [1.29, 1.82) is 0 Å². The molecule has 178 valence electrons. The second-order valence-corrected chi connectivity index (χ2v) is 9.54. The smallest absolute Gasteiger partial charge is 0.246 e. The van der Waals surface area contributed by atoms with Crippen molar-refractivity contribution in [3.05, 3.63) is 66.0 Å². The number of anilines is 1. The Balaban J connectivity index is 1.35. The van der Waals surface area contributed by atoms with Crippen LogP contribution in [0.5, 0.6) is 0 Å². The predicted molar refractivity (Wildman–Crippen MR) is 126 cm³/mol. The van der Waals surface area contributed by atoms with E-state index < -0.39 is 6.04 Å². The topological polar surface area (TPSA) is 60.9 Å². The fraction of sp³-hybridized carbons (Fsp3) is 0.444. The van der Waals surface area contributed by atoms with Crippen LogP contribution in [-0.4, -0.2) is 59.7 Å². The SMILES string of the molecule is O=C([C@@H](Cc1ccccc1)N1C(=O)[C@H]2CCCC[C@H]2C1=O)N1CCN(c2ccc(F)cc2)CC1. The number of carbonyl (C=O) groups excluding carboxylic acids is 3. The van der Waals surface area contributed by atoms with Gasteiger partial charge in [0.25, 0.3) is 0 Å². The van der Waals surface area contributed by atoms with E-state index in [9.17, 15) is 18.8 Å². The molecule has 0 unspecified atom stereocenters. The molecule has 0 N–H and O–H groups in total. The number of benzene rings is 2. The van der Waals surface area contributed by atoms with Crippen LogP contribution < -0.4 is 4.90 Å². The van der Waals surface area contributed by atoms with Crippen LogP contribution in [0.3, 0.4) is 0 Å². The van der Waals surface area contributed by atoms with E-state index in [4.69, 9.17) is 0 Å². The van der Waals surface area contributed by atoms with E-state index in [0.717, 1.165) is 36.9 Å². The lowest BCUT2D eigenvalue weighted by molar-refractivity contribution is -0.151. The zero-order valence-corrected chi connectivity index (χ0v) is 19.2. The standard InChI is InChI=1S/C27H30FN3O3/c28-20-10-12-21(13-11-20)29-14-16-30(17-15-29)27(34)24(18-19-6-2-1-3-7-19)31-25(32)22-8-4-5-9-23(22)26(31)33/h1-3,6-7,10-13,22-24H,4-5,8-9,14-18H2/t22-,23+,24-/m1/s1. The summed E-state index contributed by atoms with van der Waals surface area (Å²) < 4.78 is 13.3. The predicted octanol–water partition coefficient (Wildman–Crippen LogP) is 3.26. The molecule has 5 rings (SSSR count). The number of imide groups is 1. The molecule has 1 aliphatic carbocycles. The number of nitrogens with zero attached hydrogens (tertiary/aromatic N) is 3. The molecule has 0 spiro atoms. The first kappa shape index (κ1) is 22.6. The van der Waals surface area contributed by atoms with Crippen LogP contribution in [0.15, 0.2) is 54.6 Å². The molecule has 2 aromatic carbocycles. The minimum Gasteiger partial charge on any atom is -0.368 e. The molecule has 0 radical (unpaired) electrons. The van der Waals surface area contributed by atoms with E-state index >= 15 is 0 Å². The van der Waals surface area contributed by atoms with Gasteiger partial charge in [-0.3, -0.25) is 19.3 Å². The minimum atomic E-state index is -0.814. The Morgan fingerprint density at radius 2 is 1.44 bits per heavy atom. The van der Waals surface area contributed by atoms with Crippen molar-refractivity contribution in [2.45, 2.75) is 38.1 Å². The van der Waals surface area contributed by atoms with Gasteiger partial charge in [0.1, 0.15) is 11.9 Å². The maximum atomic E-state index is 13.8. The van der Waals surface area contributed by atoms with E-state index in [1.54, 1.807) is 17.0 Å². The zero-order chi connectivity index (χ0) is 23.7. The summed E-state index contributed by atoms with van der Waals surface area (Å²) in [6.45, 7) is 2.21. The average molecular weight is 464 g/mol. The molecule has 0 aromatic heterocycles. The van der Waals surface area contributed by atoms with E-state index in [1.165, 1.54) is 17.0 Å². The monoisotopic (exact) mass is 463 g/mol. The fourth-order valence-electron chi connectivity index (χ4n) is 5.67. The molecule has 2 aliphatic heterocycles. The molecule has 3 aliphatic rings. The van der Waals surface area contributed by atoms with Gasteiger partial charge in [0.2, 0.25) is 17.7 Å². The maximum Gasteiger partial charge on any atom is 0.246 e. The molecule has 0 bridgehead atoms. The Bertz CT molecular complexity index is 1030. The van der Waals surface area contributed by atoms with Crippen molar-refractivity contribution in [2.24, 2.45) is 11.8 Å². The summed E-state index contributed by atoms with van der Waals surface area (Å²) >= 11 is 0. The lowest BCUT2D eigenvalue weighted by atomic mass is 9.81.